The Labute approximate surface area is 153 Å². The number of aryl methyl sites for hydroxylation is 1. The summed E-state index contributed by atoms with van der Waals surface area (Å²) in [5.41, 5.74) is 8.56. The lowest BCUT2D eigenvalue weighted by molar-refractivity contribution is -0.122. The highest BCUT2D eigenvalue weighted by Gasteiger charge is 2.20. The van der Waals surface area contributed by atoms with Crippen LogP contribution in [0.3, 0.4) is 0 Å². The van der Waals surface area contributed by atoms with E-state index in [-0.39, 0.29) is 18.4 Å². The fourth-order valence-corrected chi connectivity index (χ4v) is 2.80. The molecule has 0 fully saturated rings. The van der Waals surface area contributed by atoms with Crippen molar-refractivity contribution in [3.8, 4) is 6.07 Å². The van der Waals surface area contributed by atoms with Crippen LogP contribution in [-0.4, -0.2) is 11.9 Å². The molecule has 0 spiro atoms. The van der Waals surface area contributed by atoms with E-state index >= 15 is 0 Å². The third kappa shape index (κ3) is 5.08. The summed E-state index contributed by atoms with van der Waals surface area (Å²) in [6.45, 7) is 3.78. The summed E-state index contributed by atoms with van der Waals surface area (Å²) < 4.78 is 0. The predicted octanol–water partition coefficient (Wildman–Crippen LogP) is 2.84. The number of hydrogen-bond donors (Lipinski definition) is 3. The Morgan fingerprint density at radius 1 is 1.12 bits per heavy atom. The van der Waals surface area contributed by atoms with E-state index in [2.05, 4.69) is 16.7 Å². The number of hydrogen-bond acceptors (Lipinski definition) is 3. The van der Waals surface area contributed by atoms with Gasteiger partial charge in [0.2, 0.25) is 5.91 Å². The first-order chi connectivity index (χ1) is 12.4. The van der Waals surface area contributed by atoms with Crippen LogP contribution in [0.1, 0.15) is 47.7 Å². The van der Waals surface area contributed by atoms with Crippen molar-refractivity contribution in [2.45, 2.75) is 32.4 Å². The van der Waals surface area contributed by atoms with Crippen molar-refractivity contribution in [3.05, 3.63) is 70.8 Å². The number of carbonyl (C=O) groups is 2. The van der Waals surface area contributed by atoms with Crippen molar-refractivity contribution < 1.29 is 9.59 Å². The fourth-order valence-electron chi connectivity index (χ4n) is 2.80. The Bertz CT molecular complexity index is 824. The molecule has 2 aromatic carbocycles. The summed E-state index contributed by atoms with van der Waals surface area (Å²) in [6, 6.07) is 15.2. The zero-order valence-electron chi connectivity index (χ0n) is 14.8. The molecule has 134 valence electrons. The summed E-state index contributed by atoms with van der Waals surface area (Å²) in [5, 5.41) is 14.4. The average Bonchev–Trinajstić information content (AvgIpc) is 2.61. The zero-order chi connectivity index (χ0) is 19.1. The molecule has 0 radical (unpaired) electrons. The van der Waals surface area contributed by atoms with E-state index in [1.165, 1.54) is 0 Å². The Hall–Kier alpha value is -3.33. The maximum absolute atomic E-state index is 12.5. The second-order valence-corrected chi connectivity index (χ2v) is 6.14. The van der Waals surface area contributed by atoms with Crippen LogP contribution < -0.4 is 16.4 Å². The van der Waals surface area contributed by atoms with Gasteiger partial charge in [0, 0.05) is 0 Å². The van der Waals surface area contributed by atoms with E-state index in [1.807, 2.05) is 50.2 Å². The highest BCUT2D eigenvalue weighted by atomic mass is 16.2. The number of nitriles is 1. The van der Waals surface area contributed by atoms with Crippen molar-refractivity contribution in [2.75, 3.05) is 0 Å². The summed E-state index contributed by atoms with van der Waals surface area (Å²) in [5.74, 6) is -0.205. The largest absolute Gasteiger partial charge is 0.352 e. The van der Waals surface area contributed by atoms with Crippen molar-refractivity contribution in [1.82, 2.24) is 10.6 Å². The van der Waals surface area contributed by atoms with Crippen molar-refractivity contribution in [1.29, 1.82) is 5.26 Å². The summed E-state index contributed by atoms with van der Waals surface area (Å²) in [7, 11) is 0. The smallest absolute Gasteiger partial charge is 0.312 e. The van der Waals surface area contributed by atoms with Gasteiger partial charge in [0.1, 0.15) is 0 Å². The van der Waals surface area contributed by atoms with E-state index in [0.29, 0.717) is 5.56 Å². The second kappa shape index (κ2) is 8.67. The summed E-state index contributed by atoms with van der Waals surface area (Å²) in [6.07, 6.45) is 0.0778. The van der Waals surface area contributed by atoms with Crippen LogP contribution in [0.25, 0.3) is 0 Å². The molecule has 2 aromatic rings. The third-order valence-corrected chi connectivity index (χ3v) is 4.19. The quantitative estimate of drug-likeness (QED) is 0.745. The number of rotatable bonds is 6. The second-order valence-electron chi connectivity index (χ2n) is 6.14. The molecule has 2 rings (SSSR count). The minimum atomic E-state index is -0.675. The van der Waals surface area contributed by atoms with Gasteiger partial charge in [0.25, 0.3) is 0 Å². The Kier molecular flexibility index (Phi) is 6.34. The van der Waals surface area contributed by atoms with Crippen LogP contribution in [0.5, 0.6) is 0 Å². The lowest BCUT2D eigenvalue weighted by Gasteiger charge is -2.21. The molecule has 0 saturated heterocycles. The Balaban J connectivity index is 2.07. The summed E-state index contributed by atoms with van der Waals surface area (Å²) >= 11 is 0. The average molecular weight is 350 g/mol. The van der Waals surface area contributed by atoms with Gasteiger partial charge in [-0.1, -0.05) is 36.4 Å². The monoisotopic (exact) mass is 350 g/mol. The number of nitrogens with zero attached hydrogens (tertiary/aromatic N) is 1. The molecule has 0 saturated carbocycles. The van der Waals surface area contributed by atoms with Gasteiger partial charge in [-0.3, -0.25) is 4.79 Å². The first-order valence-electron chi connectivity index (χ1n) is 8.31. The number of carbonyl (C=O) groups excluding carboxylic acids is 2. The van der Waals surface area contributed by atoms with Crippen molar-refractivity contribution in [3.63, 3.8) is 0 Å². The molecule has 26 heavy (non-hydrogen) atoms. The van der Waals surface area contributed by atoms with Crippen LogP contribution in [0, 0.1) is 18.3 Å². The minimum Gasteiger partial charge on any atom is -0.352 e. The standard InChI is InChI=1S/C20H22N4O2/c1-13-5-3-4-6-17(13)18(24-20(22)26)11-19(25)23-14(2)16-9-7-15(12-21)8-10-16/h3-10,14,18H,11H2,1-2H3,(H,23,25)(H3,22,24,26). The predicted molar refractivity (Wildman–Crippen MR) is 99.0 cm³/mol. The molecule has 0 heterocycles. The van der Waals surface area contributed by atoms with Gasteiger partial charge in [-0.25, -0.2) is 4.79 Å². The molecule has 3 amide bonds. The van der Waals surface area contributed by atoms with E-state index in [0.717, 1.165) is 16.7 Å². The van der Waals surface area contributed by atoms with Crippen LogP contribution in [0.15, 0.2) is 48.5 Å². The van der Waals surface area contributed by atoms with Crippen molar-refractivity contribution >= 4 is 11.9 Å². The molecule has 2 unspecified atom stereocenters. The van der Waals surface area contributed by atoms with Gasteiger partial charge >= 0.3 is 6.03 Å². The number of nitrogens with one attached hydrogen (secondary N) is 2. The molecule has 4 N–H and O–H groups in total. The van der Waals surface area contributed by atoms with Crippen LogP contribution >= 0.6 is 0 Å². The van der Waals surface area contributed by atoms with Gasteiger partial charge in [0.05, 0.1) is 30.1 Å². The number of urea groups is 1. The highest BCUT2D eigenvalue weighted by Crippen LogP contribution is 2.21. The molecule has 0 aliphatic heterocycles. The molecule has 6 heteroatoms. The SMILES string of the molecule is Cc1ccccc1C(CC(=O)NC(C)c1ccc(C#N)cc1)NC(N)=O. The topological polar surface area (TPSA) is 108 Å². The van der Waals surface area contributed by atoms with E-state index in [4.69, 9.17) is 11.0 Å². The first kappa shape index (κ1) is 19.0. The van der Waals surface area contributed by atoms with Gasteiger partial charge < -0.3 is 16.4 Å². The first-order valence-corrected chi connectivity index (χ1v) is 8.31. The minimum absolute atomic E-state index is 0.0778. The fraction of sp³-hybridized carbons (Fsp3) is 0.250. The van der Waals surface area contributed by atoms with Gasteiger partial charge in [-0.15, -0.1) is 0 Å². The molecule has 0 aliphatic rings. The molecule has 0 aliphatic carbocycles. The number of nitrogens with two attached hydrogens (primary N) is 1. The van der Waals surface area contributed by atoms with Crippen LogP contribution in [0.2, 0.25) is 0 Å². The third-order valence-electron chi connectivity index (χ3n) is 4.19. The molecular weight excluding hydrogens is 328 g/mol. The number of benzene rings is 2. The van der Waals surface area contributed by atoms with Gasteiger partial charge in [0.15, 0.2) is 0 Å². The normalized spacial score (nSPS) is 12.5. The van der Waals surface area contributed by atoms with Crippen LogP contribution in [-0.2, 0) is 4.79 Å². The summed E-state index contributed by atoms with van der Waals surface area (Å²) in [4.78, 5) is 23.8. The van der Waals surface area contributed by atoms with Gasteiger partial charge in [-0.2, -0.15) is 5.26 Å². The Morgan fingerprint density at radius 2 is 1.77 bits per heavy atom. The number of primary amides is 1. The van der Waals surface area contributed by atoms with E-state index in [1.54, 1.807) is 12.1 Å². The zero-order valence-corrected chi connectivity index (χ0v) is 14.8. The van der Waals surface area contributed by atoms with Crippen molar-refractivity contribution in [2.24, 2.45) is 5.73 Å². The lowest BCUT2D eigenvalue weighted by atomic mass is 9.98. The molecule has 0 aromatic heterocycles. The molecule has 0 bridgehead atoms. The van der Waals surface area contributed by atoms with E-state index in [9.17, 15) is 9.59 Å². The number of amides is 3. The van der Waals surface area contributed by atoms with Gasteiger partial charge in [-0.05, 0) is 42.7 Å². The van der Waals surface area contributed by atoms with E-state index < -0.39 is 12.1 Å². The highest BCUT2D eigenvalue weighted by molar-refractivity contribution is 5.79. The maximum Gasteiger partial charge on any atom is 0.312 e. The lowest BCUT2D eigenvalue weighted by Crippen LogP contribution is -2.37. The van der Waals surface area contributed by atoms with Crippen LogP contribution in [0.4, 0.5) is 4.79 Å². The molecule has 2 atom stereocenters. The Morgan fingerprint density at radius 3 is 2.35 bits per heavy atom. The molecular formula is C20H22N4O2. The molecule has 6 nitrogen and oxygen atoms in total. The maximum atomic E-state index is 12.5.